The molecule has 1 saturated heterocycles. The summed E-state index contributed by atoms with van der Waals surface area (Å²) in [6.07, 6.45) is 1.50. The molecule has 9 nitrogen and oxygen atoms in total. The molecule has 0 unspecified atom stereocenters. The number of non-ortho nitro benzene ring substituents is 1. The molecule has 1 fully saturated rings. The highest BCUT2D eigenvalue weighted by Gasteiger charge is 2.31. The molecule has 1 aliphatic heterocycles. The van der Waals surface area contributed by atoms with E-state index in [1.54, 1.807) is 24.3 Å². The van der Waals surface area contributed by atoms with E-state index in [1.807, 2.05) is 11.9 Å². The van der Waals surface area contributed by atoms with Crippen molar-refractivity contribution >= 4 is 39.2 Å². The molecule has 2 aromatic carbocycles. The molecule has 0 radical (unpaired) electrons. The topological polar surface area (TPSA) is 108 Å². The van der Waals surface area contributed by atoms with Crippen LogP contribution in [0.2, 0.25) is 5.02 Å². The molecule has 29 heavy (non-hydrogen) atoms. The zero-order chi connectivity index (χ0) is 21.0. The van der Waals surface area contributed by atoms with Gasteiger partial charge in [-0.3, -0.25) is 15.5 Å². The van der Waals surface area contributed by atoms with Gasteiger partial charge in [0, 0.05) is 43.3 Å². The van der Waals surface area contributed by atoms with Crippen molar-refractivity contribution < 1.29 is 13.3 Å². The van der Waals surface area contributed by atoms with Crippen molar-refractivity contribution in [2.45, 2.75) is 4.90 Å². The number of sulfonamides is 1. The minimum Gasteiger partial charge on any atom is -0.304 e. The Hall–Kier alpha value is -2.53. The lowest BCUT2D eigenvalue weighted by Gasteiger charge is -2.31. The van der Waals surface area contributed by atoms with Crippen molar-refractivity contribution in [1.82, 2.24) is 9.21 Å². The molecule has 3 rings (SSSR count). The molecule has 1 aliphatic rings. The first kappa shape index (κ1) is 21.2. The highest BCUT2D eigenvalue weighted by molar-refractivity contribution is 7.89. The van der Waals surface area contributed by atoms with Crippen LogP contribution in [0.25, 0.3) is 0 Å². The van der Waals surface area contributed by atoms with Crippen molar-refractivity contribution in [3.63, 3.8) is 0 Å². The summed E-state index contributed by atoms with van der Waals surface area (Å²) >= 11 is 5.85. The fraction of sp³-hybridized carbons (Fsp3) is 0.278. The highest BCUT2D eigenvalue weighted by atomic mass is 35.5. The summed E-state index contributed by atoms with van der Waals surface area (Å²) in [4.78, 5) is 12.4. The van der Waals surface area contributed by atoms with Gasteiger partial charge in [0.15, 0.2) is 0 Å². The fourth-order valence-corrected chi connectivity index (χ4v) is 4.53. The van der Waals surface area contributed by atoms with Gasteiger partial charge in [0.1, 0.15) is 4.90 Å². The molecule has 0 spiro atoms. The molecular formula is C18H20ClN5O4S. The minimum atomic E-state index is -3.92. The minimum absolute atomic E-state index is 0.166. The van der Waals surface area contributed by atoms with Gasteiger partial charge in [-0.05, 0) is 30.8 Å². The zero-order valence-corrected chi connectivity index (χ0v) is 17.2. The van der Waals surface area contributed by atoms with Gasteiger partial charge in [-0.2, -0.15) is 9.41 Å². The van der Waals surface area contributed by atoms with Crippen LogP contribution in [-0.4, -0.2) is 62.0 Å². The molecule has 0 aliphatic carbocycles. The number of hydrazone groups is 1. The van der Waals surface area contributed by atoms with Gasteiger partial charge in [0.2, 0.25) is 10.0 Å². The summed E-state index contributed by atoms with van der Waals surface area (Å²) in [5, 5.41) is 15.8. The van der Waals surface area contributed by atoms with Gasteiger partial charge in [0.05, 0.1) is 16.8 Å². The lowest BCUT2D eigenvalue weighted by Crippen LogP contribution is -2.47. The Morgan fingerprint density at radius 2 is 1.79 bits per heavy atom. The molecule has 0 aromatic heterocycles. The third kappa shape index (κ3) is 5.10. The second kappa shape index (κ2) is 8.87. The highest BCUT2D eigenvalue weighted by Crippen LogP contribution is 2.29. The molecule has 1 heterocycles. The maximum absolute atomic E-state index is 13.1. The van der Waals surface area contributed by atoms with E-state index in [1.165, 1.54) is 22.7 Å². The second-order valence-corrected chi connectivity index (χ2v) is 8.91. The molecule has 2 aromatic rings. The summed E-state index contributed by atoms with van der Waals surface area (Å²) < 4.78 is 27.6. The third-order valence-electron chi connectivity index (χ3n) is 4.52. The largest absolute Gasteiger partial charge is 0.304 e. The molecule has 154 valence electrons. The van der Waals surface area contributed by atoms with Crippen LogP contribution in [0.15, 0.2) is 52.5 Å². The number of nitro groups is 1. The Morgan fingerprint density at radius 1 is 1.14 bits per heavy atom. The van der Waals surface area contributed by atoms with Crippen molar-refractivity contribution in [3.05, 3.63) is 63.2 Å². The van der Waals surface area contributed by atoms with Crippen molar-refractivity contribution in [2.24, 2.45) is 5.10 Å². The van der Waals surface area contributed by atoms with Crippen LogP contribution in [0.1, 0.15) is 5.56 Å². The first-order valence-corrected chi connectivity index (χ1v) is 10.6. The number of anilines is 1. The van der Waals surface area contributed by atoms with Crippen molar-refractivity contribution in [1.29, 1.82) is 0 Å². The number of likely N-dealkylation sites (N-methyl/N-ethyl adjacent to an activating group) is 1. The van der Waals surface area contributed by atoms with E-state index in [9.17, 15) is 18.5 Å². The van der Waals surface area contributed by atoms with Crippen LogP contribution in [0, 0.1) is 10.1 Å². The first-order valence-electron chi connectivity index (χ1n) is 8.79. The van der Waals surface area contributed by atoms with E-state index in [4.69, 9.17) is 11.6 Å². The molecule has 0 atom stereocenters. The number of halogens is 1. The summed E-state index contributed by atoms with van der Waals surface area (Å²) in [5.41, 5.74) is 3.32. The van der Waals surface area contributed by atoms with E-state index < -0.39 is 14.9 Å². The Labute approximate surface area is 173 Å². The fourth-order valence-electron chi connectivity index (χ4n) is 2.82. The molecule has 0 amide bonds. The average molecular weight is 438 g/mol. The van der Waals surface area contributed by atoms with Gasteiger partial charge in [0.25, 0.3) is 5.69 Å². The maximum Gasteiger partial charge on any atom is 0.270 e. The van der Waals surface area contributed by atoms with Crippen LogP contribution in [0.4, 0.5) is 11.4 Å². The Morgan fingerprint density at radius 3 is 2.41 bits per heavy atom. The Balaban J connectivity index is 1.90. The first-order chi connectivity index (χ1) is 13.8. The van der Waals surface area contributed by atoms with Gasteiger partial charge in [-0.1, -0.05) is 23.7 Å². The van der Waals surface area contributed by atoms with Gasteiger partial charge < -0.3 is 4.90 Å². The summed E-state index contributed by atoms with van der Waals surface area (Å²) in [5.74, 6) is 0. The lowest BCUT2D eigenvalue weighted by molar-refractivity contribution is -0.385. The number of nitrogens with zero attached hydrogens (tertiary/aromatic N) is 4. The summed E-state index contributed by atoms with van der Waals surface area (Å²) in [6.45, 7) is 1.81. The number of nitro benzene ring substituents is 1. The smallest absolute Gasteiger partial charge is 0.270 e. The standard InChI is InChI=1S/C18H20ClN5O4S/c1-22-8-10-23(11-9-22)29(27,28)18-12-16(24(25)26)6-7-17(18)21-20-13-14-2-4-15(19)5-3-14/h2-7,12-13,21H,8-11H2,1H3/b20-13-. The summed E-state index contributed by atoms with van der Waals surface area (Å²) in [7, 11) is -2.01. The van der Waals surface area contributed by atoms with Crippen molar-refractivity contribution in [3.8, 4) is 0 Å². The zero-order valence-electron chi connectivity index (χ0n) is 15.7. The van der Waals surface area contributed by atoms with Gasteiger partial charge >= 0.3 is 0 Å². The van der Waals surface area contributed by atoms with Crippen LogP contribution in [-0.2, 0) is 10.0 Å². The van der Waals surface area contributed by atoms with Crippen LogP contribution in [0.3, 0.4) is 0 Å². The van der Waals surface area contributed by atoms with Crippen molar-refractivity contribution in [2.75, 3.05) is 38.7 Å². The predicted octanol–water partition coefficient (Wildman–Crippen LogP) is 2.63. The number of benzene rings is 2. The molecule has 11 heteroatoms. The van der Waals surface area contributed by atoms with E-state index in [2.05, 4.69) is 10.5 Å². The van der Waals surface area contributed by atoms with E-state index >= 15 is 0 Å². The normalized spacial score (nSPS) is 16.2. The molecule has 0 saturated carbocycles. The summed E-state index contributed by atoms with van der Waals surface area (Å²) in [6, 6.07) is 10.6. The van der Waals surface area contributed by atoms with Crippen LogP contribution in [0.5, 0.6) is 0 Å². The molecule has 0 bridgehead atoms. The number of hydrogen-bond donors (Lipinski definition) is 1. The number of piperazine rings is 1. The lowest BCUT2D eigenvalue weighted by atomic mass is 10.2. The number of hydrogen-bond acceptors (Lipinski definition) is 7. The monoisotopic (exact) mass is 437 g/mol. The predicted molar refractivity (Wildman–Crippen MR) is 112 cm³/mol. The van der Waals surface area contributed by atoms with Crippen LogP contribution >= 0.6 is 11.6 Å². The van der Waals surface area contributed by atoms with E-state index in [-0.39, 0.29) is 16.3 Å². The van der Waals surface area contributed by atoms with Crippen LogP contribution < -0.4 is 5.43 Å². The average Bonchev–Trinajstić information content (AvgIpc) is 2.70. The quantitative estimate of drug-likeness (QED) is 0.422. The van der Waals surface area contributed by atoms with Gasteiger partial charge in [-0.15, -0.1) is 0 Å². The third-order valence-corrected chi connectivity index (χ3v) is 6.72. The van der Waals surface area contributed by atoms with E-state index in [0.717, 1.165) is 11.6 Å². The molecular weight excluding hydrogens is 418 g/mol. The number of nitrogens with one attached hydrogen (secondary N) is 1. The van der Waals surface area contributed by atoms with E-state index in [0.29, 0.717) is 31.2 Å². The Bertz CT molecular complexity index is 1020. The SMILES string of the molecule is CN1CCN(S(=O)(=O)c2cc([N+](=O)[O-])ccc2N/N=C\c2ccc(Cl)cc2)CC1. The second-order valence-electron chi connectivity index (χ2n) is 6.57. The molecule has 1 N–H and O–H groups in total. The Kier molecular flexibility index (Phi) is 6.48. The van der Waals surface area contributed by atoms with Gasteiger partial charge in [-0.25, -0.2) is 8.42 Å². The maximum atomic E-state index is 13.1. The number of rotatable bonds is 6.